The van der Waals surface area contributed by atoms with E-state index in [0.717, 1.165) is 39.3 Å². The summed E-state index contributed by atoms with van der Waals surface area (Å²) in [5.74, 6) is 0. The number of nitrogens with zero attached hydrogens (tertiary/aromatic N) is 8. The van der Waals surface area contributed by atoms with E-state index in [-0.39, 0.29) is 16.8 Å². The Morgan fingerprint density at radius 3 is 0.762 bits per heavy atom. The SMILES string of the molecule is C1C[N-]CN2C[N-]CC[N-]CN(C[N-]1)C[N-]CC[N-]C2.[Co+2]. The summed E-state index contributed by atoms with van der Waals surface area (Å²) in [4.78, 5) is 4.29. The third kappa shape index (κ3) is 9.03. The number of fused-ring (bicyclic) bond motifs is 15. The minimum atomic E-state index is 0. The summed E-state index contributed by atoms with van der Waals surface area (Å²) in [6.07, 6.45) is 0. The minimum Gasteiger partial charge on any atom is -0.651 e. The molecule has 0 amide bonds. The minimum absolute atomic E-state index is 0. The van der Waals surface area contributed by atoms with Gasteiger partial charge in [0.05, 0.1) is 0 Å². The van der Waals surface area contributed by atoms with Crippen molar-refractivity contribution >= 4 is 0 Å². The van der Waals surface area contributed by atoms with Gasteiger partial charge in [0.15, 0.2) is 0 Å². The Morgan fingerprint density at radius 1 is 0.381 bits per heavy atom. The van der Waals surface area contributed by atoms with Gasteiger partial charge in [-0.2, -0.15) is 39.3 Å². The van der Waals surface area contributed by atoms with Crippen LogP contribution in [0.1, 0.15) is 0 Å². The molecule has 0 atom stereocenters. The van der Waals surface area contributed by atoms with Crippen molar-refractivity contribution in [3.63, 3.8) is 0 Å². The van der Waals surface area contributed by atoms with Gasteiger partial charge in [0.25, 0.3) is 0 Å². The molecule has 125 valence electrons. The quantitative estimate of drug-likeness (QED) is 0.671. The molecule has 3 saturated heterocycles. The largest absolute Gasteiger partial charge is 2.00 e. The standard InChI is InChI=1S/C12H24N8.Co/c1-2-14-8-20-11-17-5-3-15-9-19(7-13-1)10-16-4-6-18-12-20;/h1-12H2;/q-6;+2. The van der Waals surface area contributed by atoms with Crippen LogP contribution in [-0.4, -0.2) is 89.1 Å². The molecule has 0 spiro atoms. The second-order valence-electron chi connectivity index (χ2n) is 4.87. The molecular formula is C12H24CoN8-4. The van der Waals surface area contributed by atoms with Gasteiger partial charge in [-0.3, -0.25) is 0 Å². The van der Waals surface area contributed by atoms with E-state index in [2.05, 4.69) is 41.7 Å². The molecule has 21 heavy (non-hydrogen) atoms. The maximum atomic E-state index is 4.51. The predicted molar refractivity (Wildman–Crippen MR) is 82.2 cm³/mol. The Bertz CT molecular complexity index is 183. The van der Waals surface area contributed by atoms with Crippen LogP contribution in [0.2, 0.25) is 0 Å². The molecule has 3 aliphatic heterocycles. The average molecular weight is 339 g/mol. The average Bonchev–Trinajstić information content (AvgIpc) is 2.47. The van der Waals surface area contributed by atoms with Crippen LogP contribution >= 0.6 is 0 Å². The fourth-order valence-corrected chi connectivity index (χ4v) is 1.97. The molecule has 0 aromatic carbocycles. The van der Waals surface area contributed by atoms with Gasteiger partial charge >= 0.3 is 16.8 Å². The van der Waals surface area contributed by atoms with E-state index in [4.69, 9.17) is 0 Å². The van der Waals surface area contributed by atoms with Crippen LogP contribution in [0, 0.1) is 0 Å². The van der Waals surface area contributed by atoms with Gasteiger partial charge in [0.2, 0.25) is 0 Å². The van der Waals surface area contributed by atoms with Crippen molar-refractivity contribution in [2.45, 2.75) is 0 Å². The maximum absolute atomic E-state index is 4.51. The van der Waals surface area contributed by atoms with Crippen LogP contribution < -0.4 is 0 Å². The monoisotopic (exact) mass is 339 g/mol. The normalized spacial score (nSPS) is 30.9. The first-order valence-corrected chi connectivity index (χ1v) is 7.19. The fourth-order valence-electron chi connectivity index (χ4n) is 1.97. The van der Waals surface area contributed by atoms with Gasteiger partial charge in [-0.1, -0.05) is 40.0 Å². The van der Waals surface area contributed by atoms with Crippen LogP contribution in [0.25, 0.3) is 31.9 Å². The summed E-state index contributed by atoms with van der Waals surface area (Å²) >= 11 is 0. The molecule has 0 saturated carbocycles. The Hall–Kier alpha value is 0.186. The molecule has 0 aromatic rings. The Kier molecular flexibility index (Phi) is 11.6. The molecule has 1 radical (unpaired) electrons. The maximum Gasteiger partial charge on any atom is 2.00 e. The molecule has 3 rings (SSSR count). The Balaban J connectivity index is 0.00000220. The molecule has 0 aliphatic carbocycles. The van der Waals surface area contributed by atoms with Gasteiger partial charge < -0.3 is 41.7 Å². The first-order valence-electron chi connectivity index (χ1n) is 7.19. The van der Waals surface area contributed by atoms with Crippen LogP contribution in [-0.2, 0) is 16.8 Å². The van der Waals surface area contributed by atoms with Gasteiger partial charge in [-0.05, 0) is 0 Å². The van der Waals surface area contributed by atoms with Gasteiger partial charge in [0, 0.05) is 0 Å². The van der Waals surface area contributed by atoms with Crippen molar-refractivity contribution in [3.8, 4) is 0 Å². The molecule has 3 aliphatic rings. The molecule has 8 nitrogen and oxygen atoms in total. The first-order chi connectivity index (χ1) is 9.95. The van der Waals surface area contributed by atoms with Gasteiger partial charge in [-0.15, -0.1) is 0 Å². The van der Waals surface area contributed by atoms with Crippen molar-refractivity contribution in [2.75, 3.05) is 79.3 Å². The fraction of sp³-hybridized carbons (Fsp3) is 1.00. The van der Waals surface area contributed by atoms with E-state index in [1.54, 1.807) is 0 Å². The Morgan fingerprint density at radius 2 is 0.571 bits per heavy atom. The third-order valence-electron chi connectivity index (χ3n) is 3.05. The van der Waals surface area contributed by atoms with E-state index >= 15 is 0 Å². The molecule has 3 fully saturated rings. The van der Waals surface area contributed by atoms with Crippen LogP contribution in [0.4, 0.5) is 0 Å². The molecule has 0 unspecified atom stereocenters. The third-order valence-corrected chi connectivity index (χ3v) is 3.05. The van der Waals surface area contributed by atoms with E-state index < -0.39 is 0 Å². The number of rotatable bonds is 0. The topological polar surface area (TPSA) is 91.1 Å². The van der Waals surface area contributed by atoms with Crippen molar-refractivity contribution in [2.24, 2.45) is 0 Å². The summed E-state index contributed by atoms with van der Waals surface area (Å²) in [6, 6.07) is 0. The van der Waals surface area contributed by atoms with Crippen LogP contribution in [0.5, 0.6) is 0 Å². The molecular weight excluding hydrogens is 315 g/mol. The Labute approximate surface area is 138 Å². The number of hydrogen-bond acceptors (Lipinski definition) is 2. The summed E-state index contributed by atoms with van der Waals surface area (Å²) < 4.78 is 0. The second kappa shape index (κ2) is 12.7. The van der Waals surface area contributed by atoms with Crippen LogP contribution in [0.3, 0.4) is 0 Å². The predicted octanol–water partition coefficient (Wildman–Crippen LogP) is 1.60. The molecule has 0 aromatic heterocycles. The summed E-state index contributed by atoms with van der Waals surface area (Å²) in [6.45, 7) is 8.66. The summed E-state index contributed by atoms with van der Waals surface area (Å²) in [7, 11) is 0. The molecule has 9 heteroatoms. The molecule has 2 bridgehead atoms. The van der Waals surface area contributed by atoms with E-state index in [1.165, 1.54) is 0 Å². The second-order valence-corrected chi connectivity index (χ2v) is 4.87. The zero-order valence-corrected chi connectivity index (χ0v) is 13.4. The van der Waals surface area contributed by atoms with Crippen molar-refractivity contribution in [1.29, 1.82) is 0 Å². The zero-order valence-electron chi connectivity index (χ0n) is 12.4. The van der Waals surface area contributed by atoms with Crippen molar-refractivity contribution in [1.82, 2.24) is 9.80 Å². The van der Waals surface area contributed by atoms with E-state index in [1.807, 2.05) is 0 Å². The first kappa shape index (κ1) is 19.2. The summed E-state index contributed by atoms with van der Waals surface area (Å²) in [5, 5.41) is 27.1. The number of hydrogen-bond donors (Lipinski definition) is 0. The summed E-state index contributed by atoms with van der Waals surface area (Å²) in [5.41, 5.74) is 0. The molecule has 3 heterocycles. The van der Waals surface area contributed by atoms with Crippen molar-refractivity contribution in [3.05, 3.63) is 31.9 Å². The zero-order chi connectivity index (χ0) is 13.9. The van der Waals surface area contributed by atoms with Gasteiger partial charge in [-0.25, -0.2) is 0 Å². The van der Waals surface area contributed by atoms with E-state index in [0.29, 0.717) is 40.0 Å². The van der Waals surface area contributed by atoms with Gasteiger partial charge in [0.1, 0.15) is 0 Å². The van der Waals surface area contributed by atoms with E-state index in [9.17, 15) is 0 Å². The van der Waals surface area contributed by atoms with Crippen LogP contribution in [0.15, 0.2) is 0 Å². The molecule has 0 N–H and O–H groups in total. The van der Waals surface area contributed by atoms with Crippen molar-refractivity contribution < 1.29 is 16.8 Å². The smallest absolute Gasteiger partial charge is 0.651 e.